The van der Waals surface area contributed by atoms with E-state index in [1.165, 1.54) is 51.4 Å². The van der Waals surface area contributed by atoms with Crippen molar-refractivity contribution in [2.75, 3.05) is 26.4 Å². The molecule has 0 aliphatic heterocycles. The highest BCUT2D eigenvalue weighted by atomic mass is 16.6. The molecule has 5 heteroatoms. The summed E-state index contributed by atoms with van der Waals surface area (Å²) in [4.78, 5) is 23.2. The second kappa shape index (κ2) is 20.2. The lowest BCUT2D eigenvalue weighted by Crippen LogP contribution is -2.19. The Morgan fingerprint density at radius 2 is 1.21 bits per heavy atom. The van der Waals surface area contributed by atoms with Crippen molar-refractivity contribution in [3.8, 4) is 0 Å². The summed E-state index contributed by atoms with van der Waals surface area (Å²) in [5.41, 5.74) is 0. The van der Waals surface area contributed by atoms with Crippen LogP contribution in [0.5, 0.6) is 0 Å². The van der Waals surface area contributed by atoms with Crippen molar-refractivity contribution >= 4 is 11.9 Å². The first kappa shape index (κ1) is 27.9. The molecule has 0 aromatic rings. The van der Waals surface area contributed by atoms with E-state index in [1.807, 2.05) is 0 Å². The maximum Gasteiger partial charge on any atom is 0.332 e. The van der Waals surface area contributed by atoms with Gasteiger partial charge in [-0.15, -0.1) is 0 Å². The fourth-order valence-corrected chi connectivity index (χ4v) is 3.12. The standard InChI is InChI=1S/C24H46O5/c1-5-6-7-8-9-10-11-12-17-28-23(25)19-27-20-24(26)29-18-16-22(4)15-13-14-21(2)3/h21-22H,5-20H2,1-4H3. The van der Waals surface area contributed by atoms with E-state index in [0.29, 0.717) is 19.1 Å². The van der Waals surface area contributed by atoms with Gasteiger partial charge in [0.2, 0.25) is 0 Å². The summed E-state index contributed by atoms with van der Waals surface area (Å²) in [6.45, 7) is 9.32. The summed E-state index contributed by atoms with van der Waals surface area (Å²) in [6.07, 6.45) is 14.1. The molecule has 1 unspecified atom stereocenters. The average Bonchev–Trinajstić information content (AvgIpc) is 2.66. The summed E-state index contributed by atoms with van der Waals surface area (Å²) in [7, 11) is 0. The first-order valence-corrected chi connectivity index (χ1v) is 11.8. The number of rotatable bonds is 20. The van der Waals surface area contributed by atoms with Crippen LogP contribution in [0.25, 0.3) is 0 Å². The number of hydrogen-bond donors (Lipinski definition) is 0. The largest absolute Gasteiger partial charge is 0.464 e. The molecule has 0 aliphatic rings. The van der Waals surface area contributed by atoms with E-state index in [1.54, 1.807) is 0 Å². The smallest absolute Gasteiger partial charge is 0.332 e. The van der Waals surface area contributed by atoms with Gasteiger partial charge in [-0.25, -0.2) is 9.59 Å². The Balaban J connectivity index is 3.44. The van der Waals surface area contributed by atoms with Gasteiger partial charge in [0.25, 0.3) is 0 Å². The summed E-state index contributed by atoms with van der Waals surface area (Å²) >= 11 is 0. The molecule has 0 spiro atoms. The number of hydrogen-bond acceptors (Lipinski definition) is 5. The molecule has 0 aromatic heterocycles. The second-order valence-electron chi connectivity index (χ2n) is 8.63. The van der Waals surface area contributed by atoms with E-state index >= 15 is 0 Å². The molecule has 29 heavy (non-hydrogen) atoms. The normalized spacial score (nSPS) is 12.2. The Labute approximate surface area is 179 Å². The van der Waals surface area contributed by atoms with E-state index in [-0.39, 0.29) is 13.2 Å². The van der Waals surface area contributed by atoms with Gasteiger partial charge in [-0.1, -0.05) is 91.9 Å². The van der Waals surface area contributed by atoms with Gasteiger partial charge in [-0.05, 0) is 24.7 Å². The van der Waals surface area contributed by atoms with E-state index < -0.39 is 11.9 Å². The number of carbonyl (C=O) groups is 2. The molecule has 0 aromatic carbocycles. The first-order chi connectivity index (χ1) is 14.0. The summed E-state index contributed by atoms with van der Waals surface area (Å²) < 4.78 is 15.4. The van der Waals surface area contributed by atoms with Crippen LogP contribution in [0.15, 0.2) is 0 Å². The van der Waals surface area contributed by atoms with Crippen LogP contribution >= 0.6 is 0 Å². The average molecular weight is 415 g/mol. The fraction of sp³-hybridized carbons (Fsp3) is 0.917. The number of ether oxygens (including phenoxy) is 3. The van der Waals surface area contributed by atoms with Crippen LogP contribution in [0.1, 0.15) is 105 Å². The molecule has 0 saturated carbocycles. The van der Waals surface area contributed by atoms with Crippen LogP contribution in [-0.2, 0) is 23.8 Å². The van der Waals surface area contributed by atoms with Gasteiger partial charge < -0.3 is 14.2 Å². The Hall–Kier alpha value is -1.10. The minimum Gasteiger partial charge on any atom is -0.464 e. The summed E-state index contributed by atoms with van der Waals surface area (Å²) in [6, 6.07) is 0. The Morgan fingerprint density at radius 1 is 0.655 bits per heavy atom. The van der Waals surface area contributed by atoms with Crippen LogP contribution in [0, 0.1) is 11.8 Å². The van der Waals surface area contributed by atoms with Crippen molar-refractivity contribution in [1.82, 2.24) is 0 Å². The van der Waals surface area contributed by atoms with Crippen LogP contribution in [-0.4, -0.2) is 38.4 Å². The summed E-state index contributed by atoms with van der Waals surface area (Å²) in [5, 5.41) is 0. The first-order valence-electron chi connectivity index (χ1n) is 11.8. The molecule has 0 fully saturated rings. The van der Waals surface area contributed by atoms with Crippen LogP contribution < -0.4 is 0 Å². The molecule has 172 valence electrons. The Bertz CT molecular complexity index is 395. The van der Waals surface area contributed by atoms with Crippen molar-refractivity contribution in [3.05, 3.63) is 0 Å². The number of esters is 2. The molecule has 0 bridgehead atoms. The van der Waals surface area contributed by atoms with Crippen LogP contribution in [0.4, 0.5) is 0 Å². The van der Waals surface area contributed by atoms with Crippen LogP contribution in [0.3, 0.4) is 0 Å². The molecular formula is C24H46O5. The van der Waals surface area contributed by atoms with Crippen LogP contribution in [0.2, 0.25) is 0 Å². The highest BCUT2D eigenvalue weighted by molar-refractivity contribution is 5.73. The molecule has 0 rings (SSSR count). The fourth-order valence-electron chi connectivity index (χ4n) is 3.12. The maximum atomic E-state index is 11.6. The maximum absolute atomic E-state index is 11.6. The van der Waals surface area contributed by atoms with Gasteiger partial charge in [0, 0.05) is 0 Å². The SMILES string of the molecule is CCCCCCCCCCOC(=O)COCC(=O)OCCC(C)CCCC(C)C. The molecule has 0 aliphatic carbocycles. The van der Waals surface area contributed by atoms with Crippen molar-refractivity contribution < 1.29 is 23.8 Å². The molecular weight excluding hydrogens is 368 g/mol. The minimum atomic E-state index is -0.421. The Kier molecular flexibility index (Phi) is 19.4. The third-order valence-electron chi connectivity index (χ3n) is 5.05. The zero-order chi connectivity index (χ0) is 21.7. The second-order valence-corrected chi connectivity index (χ2v) is 8.63. The molecule has 0 saturated heterocycles. The molecule has 5 nitrogen and oxygen atoms in total. The van der Waals surface area contributed by atoms with E-state index in [4.69, 9.17) is 14.2 Å². The zero-order valence-electron chi connectivity index (χ0n) is 19.5. The molecule has 0 radical (unpaired) electrons. The highest BCUT2D eigenvalue weighted by Gasteiger charge is 2.09. The predicted molar refractivity (Wildman–Crippen MR) is 118 cm³/mol. The number of unbranched alkanes of at least 4 members (excludes halogenated alkanes) is 7. The lowest BCUT2D eigenvalue weighted by Gasteiger charge is -2.12. The summed E-state index contributed by atoms with van der Waals surface area (Å²) in [5.74, 6) is 0.452. The van der Waals surface area contributed by atoms with Crippen molar-refractivity contribution in [2.24, 2.45) is 11.8 Å². The van der Waals surface area contributed by atoms with Gasteiger partial charge >= 0.3 is 11.9 Å². The lowest BCUT2D eigenvalue weighted by atomic mass is 9.98. The van der Waals surface area contributed by atoms with Gasteiger partial charge in [0.1, 0.15) is 13.2 Å². The van der Waals surface area contributed by atoms with Gasteiger partial charge in [0.15, 0.2) is 0 Å². The van der Waals surface area contributed by atoms with Crippen molar-refractivity contribution in [3.63, 3.8) is 0 Å². The lowest BCUT2D eigenvalue weighted by molar-refractivity contribution is -0.155. The predicted octanol–water partition coefficient (Wildman–Crippen LogP) is 6.08. The highest BCUT2D eigenvalue weighted by Crippen LogP contribution is 2.15. The molecule has 0 N–H and O–H groups in total. The molecule has 0 amide bonds. The van der Waals surface area contributed by atoms with E-state index in [0.717, 1.165) is 31.6 Å². The quantitative estimate of drug-likeness (QED) is 0.178. The van der Waals surface area contributed by atoms with E-state index in [9.17, 15) is 9.59 Å². The van der Waals surface area contributed by atoms with Gasteiger partial charge in [-0.2, -0.15) is 0 Å². The van der Waals surface area contributed by atoms with Crippen molar-refractivity contribution in [2.45, 2.75) is 105 Å². The van der Waals surface area contributed by atoms with Gasteiger partial charge in [0.05, 0.1) is 13.2 Å². The monoisotopic (exact) mass is 414 g/mol. The topological polar surface area (TPSA) is 61.8 Å². The number of carbonyl (C=O) groups excluding carboxylic acids is 2. The van der Waals surface area contributed by atoms with Crippen molar-refractivity contribution in [1.29, 1.82) is 0 Å². The van der Waals surface area contributed by atoms with Gasteiger partial charge in [-0.3, -0.25) is 0 Å². The molecule has 1 atom stereocenters. The Morgan fingerprint density at radius 3 is 1.79 bits per heavy atom. The third kappa shape index (κ3) is 21.4. The zero-order valence-corrected chi connectivity index (χ0v) is 19.5. The minimum absolute atomic E-state index is 0.197. The third-order valence-corrected chi connectivity index (χ3v) is 5.05. The van der Waals surface area contributed by atoms with E-state index in [2.05, 4.69) is 27.7 Å². The molecule has 0 heterocycles.